The SMILES string of the molecule is CCn1ncnc1Cn1cccc1C#N. The van der Waals surface area contributed by atoms with Crippen molar-refractivity contribution in [3.8, 4) is 6.07 Å². The first-order chi connectivity index (χ1) is 7.35. The molecule has 0 radical (unpaired) electrons. The molecule has 2 heterocycles. The summed E-state index contributed by atoms with van der Waals surface area (Å²) in [5.74, 6) is 0.866. The fraction of sp³-hybridized carbons (Fsp3) is 0.300. The van der Waals surface area contributed by atoms with E-state index < -0.39 is 0 Å². The van der Waals surface area contributed by atoms with Gasteiger partial charge in [-0.2, -0.15) is 10.4 Å². The van der Waals surface area contributed by atoms with E-state index in [4.69, 9.17) is 5.26 Å². The van der Waals surface area contributed by atoms with Crippen molar-refractivity contribution in [1.29, 1.82) is 5.26 Å². The topological polar surface area (TPSA) is 59.4 Å². The van der Waals surface area contributed by atoms with Crippen LogP contribution >= 0.6 is 0 Å². The molecule has 0 N–H and O–H groups in total. The minimum Gasteiger partial charge on any atom is -0.332 e. The first kappa shape index (κ1) is 9.46. The van der Waals surface area contributed by atoms with Crippen LogP contribution in [0, 0.1) is 11.3 Å². The van der Waals surface area contributed by atoms with Gasteiger partial charge in [0.15, 0.2) is 0 Å². The molecule has 0 aromatic carbocycles. The molecule has 0 saturated heterocycles. The van der Waals surface area contributed by atoms with Gasteiger partial charge in [-0.15, -0.1) is 0 Å². The number of nitriles is 1. The second kappa shape index (κ2) is 3.96. The Balaban J connectivity index is 2.26. The Kier molecular flexibility index (Phi) is 2.50. The van der Waals surface area contributed by atoms with Gasteiger partial charge in [0, 0.05) is 12.7 Å². The summed E-state index contributed by atoms with van der Waals surface area (Å²) in [5.41, 5.74) is 0.639. The van der Waals surface area contributed by atoms with Gasteiger partial charge < -0.3 is 4.57 Å². The summed E-state index contributed by atoms with van der Waals surface area (Å²) < 4.78 is 3.68. The molecule has 15 heavy (non-hydrogen) atoms. The maximum atomic E-state index is 8.85. The van der Waals surface area contributed by atoms with Crippen LogP contribution in [-0.2, 0) is 13.1 Å². The monoisotopic (exact) mass is 201 g/mol. The van der Waals surface area contributed by atoms with E-state index in [1.165, 1.54) is 6.33 Å². The molecule has 0 amide bonds. The van der Waals surface area contributed by atoms with Crippen LogP contribution < -0.4 is 0 Å². The highest BCUT2D eigenvalue weighted by atomic mass is 15.3. The van der Waals surface area contributed by atoms with E-state index in [2.05, 4.69) is 16.2 Å². The van der Waals surface area contributed by atoms with E-state index in [9.17, 15) is 0 Å². The van der Waals surface area contributed by atoms with Crippen LogP contribution in [-0.4, -0.2) is 19.3 Å². The van der Waals surface area contributed by atoms with E-state index in [1.54, 1.807) is 6.07 Å². The lowest BCUT2D eigenvalue weighted by Gasteiger charge is -2.05. The van der Waals surface area contributed by atoms with Gasteiger partial charge in [0.2, 0.25) is 0 Å². The number of aryl methyl sites for hydroxylation is 1. The van der Waals surface area contributed by atoms with Crippen LogP contribution in [0.1, 0.15) is 18.4 Å². The molecule has 0 bridgehead atoms. The second-order valence-electron chi connectivity index (χ2n) is 3.13. The van der Waals surface area contributed by atoms with Crippen molar-refractivity contribution in [2.75, 3.05) is 0 Å². The third-order valence-electron chi connectivity index (χ3n) is 2.25. The van der Waals surface area contributed by atoms with Crippen molar-refractivity contribution >= 4 is 0 Å². The summed E-state index contributed by atoms with van der Waals surface area (Å²) in [6.07, 6.45) is 3.40. The third-order valence-corrected chi connectivity index (χ3v) is 2.25. The zero-order valence-electron chi connectivity index (χ0n) is 8.46. The molecule has 0 atom stereocenters. The highest BCUT2D eigenvalue weighted by Gasteiger charge is 2.05. The standard InChI is InChI=1S/C10H11N5/c1-2-15-10(12-8-13-15)7-14-5-3-4-9(14)6-11/h3-5,8H,2,7H2,1H3. The molecule has 0 aliphatic rings. The van der Waals surface area contributed by atoms with Crippen molar-refractivity contribution in [2.45, 2.75) is 20.0 Å². The molecular formula is C10H11N5. The molecule has 0 aliphatic carbocycles. The summed E-state index contributed by atoms with van der Waals surface area (Å²) in [6.45, 7) is 3.39. The highest BCUT2D eigenvalue weighted by Crippen LogP contribution is 2.04. The number of aromatic nitrogens is 4. The number of nitrogens with zero attached hydrogens (tertiary/aromatic N) is 5. The summed E-state index contributed by atoms with van der Waals surface area (Å²) >= 11 is 0. The van der Waals surface area contributed by atoms with Gasteiger partial charge >= 0.3 is 0 Å². The minimum atomic E-state index is 0.587. The van der Waals surface area contributed by atoms with E-state index in [1.807, 2.05) is 28.4 Å². The van der Waals surface area contributed by atoms with Gasteiger partial charge in [0.1, 0.15) is 23.9 Å². The lowest BCUT2D eigenvalue weighted by Crippen LogP contribution is -2.09. The van der Waals surface area contributed by atoms with Gasteiger partial charge in [0.05, 0.1) is 6.54 Å². The van der Waals surface area contributed by atoms with Gasteiger partial charge in [0.25, 0.3) is 0 Å². The Hall–Kier alpha value is -2.09. The largest absolute Gasteiger partial charge is 0.332 e. The second-order valence-corrected chi connectivity index (χ2v) is 3.13. The summed E-state index contributed by atoms with van der Waals surface area (Å²) in [5, 5.41) is 12.9. The zero-order chi connectivity index (χ0) is 10.7. The smallest absolute Gasteiger partial charge is 0.146 e. The lowest BCUT2D eigenvalue weighted by atomic mass is 10.4. The Labute approximate surface area is 87.6 Å². The molecule has 2 aromatic rings. The highest BCUT2D eigenvalue weighted by molar-refractivity contribution is 5.22. The van der Waals surface area contributed by atoms with E-state index in [0.717, 1.165) is 12.4 Å². The van der Waals surface area contributed by atoms with Crippen LogP contribution in [0.3, 0.4) is 0 Å². The molecule has 5 nitrogen and oxygen atoms in total. The maximum Gasteiger partial charge on any atom is 0.146 e. The molecule has 0 aliphatic heterocycles. The Bertz CT molecular complexity index is 488. The van der Waals surface area contributed by atoms with Crippen LogP contribution in [0.4, 0.5) is 0 Å². The van der Waals surface area contributed by atoms with E-state index >= 15 is 0 Å². The Morgan fingerprint density at radius 3 is 3.13 bits per heavy atom. The van der Waals surface area contributed by atoms with E-state index in [-0.39, 0.29) is 0 Å². The zero-order valence-corrected chi connectivity index (χ0v) is 8.46. The predicted molar refractivity (Wildman–Crippen MR) is 53.9 cm³/mol. The summed E-state index contributed by atoms with van der Waals surface area (Å²) in [4.78, 5) is 4.16. The lowest BCUT2D eigenvalue weighted by molar-refractivity contribution is 0.591. The maximum absolute atomic E-state index is 8.85. The van der Waals surface area contributed by atoms with Crippen molar-refractivity contribution in [3.05, 3.63) is 36.2 Å². The number of rotatable bonds is 3. The molecule has 0 unspecified atom stereocenters. The predicted octanol–water partition coefficient (Wildman–Crippen LogP) is 1.02. The molecule has 76 valence electrons. The average Bonchev–Trinajstić information content (AvgIpc) is 2.87. The summed E-state index contributed by atoms with van der Waals surface area (Å²) in [7, 11) is 0. The van der Waals surface area contributed by atoms with E-state index in [0.29, 0.717) is 12.2 Å². The van der Waals surface area contributed by atoms with Gasteiger partial charge in [-0.1, -0.05) is 0 Å². The fourth-order valence-corrected chi connectivity index (χ4v) is 1.48. The molecule has 5 heteroatoms. The fourth-order valence-electron chi connectivity index (χ4n) is 1.48. The van der Waals surface area contributed by atoms with Crippen molar-refractivity contribution in [2.24, 2.45) is 0 Å². The first-order valence-electron chi connectivity index (χ1n) is 4.77. The van der Waals surface area contributed by atoms with Crippen molar-refractivity contribution in [1.82, 2.24) is 19.3 Å². The van der Waals surface area contributed by atoms with Crippen LogP contribution in [0.2, 0.25) is 0 Å². The van der Waals surface area contributed by atoms with Crippen molar-refractivity contribution < 1.29 is 0 Å². The Morgan fingerprint density at radius 1 is 1.53 bits per heavy atom. The normalized spacial score (nSPS) is 10.1. The van der Waals surface area contributed by atoms with Crippen LogP contribution in [0.15, 0.2) is 24.7 Å². The molecular weight excluding hydrogens is 190 g/mol. The molecule has 2 aromatic heterocycles. The third kappa shape index (κ3) is 1.74. The van der Waals surface area contributed by atoms with Crippen LogP contribution in [0.25, 0.3) is 0 Å². The first-order valence-corrected chi connectivity index (χ1v) is 4.77. The number of hydrogen-bond acceptors (Lipinski definition) is 3. The molecule has 0 spiro atoms. The summed E-state index contributed by atoms with van der Waals surface area (Å²) in [6, 6.07) is 5.77. The Morgan fingerprint density at radius 2 is 2.40 bits per heavy atom. The molecule has 2 rings (SSSR count). The van der Waals surface area contributed by atoms with Crippen molar-refractivity contribution in [3.63, 3.8) is 0 Å². The van der Waals surface area contributed by atoms with Crippen LogP contribution in [0.5, 0.6) is 0 Å². The molecule has 0 fully saturated rings. The van der Waals surface area contributed by atoms with Gasteiger partial charge in [-0.25, -0.2) is 9.67 Å². The quantitative estimate of drug-likeness (QED) is 0.744. The minimum absolute atomic E-state index is 0.587. The van der Waals surface area contributed by atoms with Gasteiger partial charge in [-0.3, -0.25) is 0 Å². The average molecular weight is 201 g/mol. The van der Waals surface area contributed by atoms with Gasteiger partial charge in [-0.05, 0) is 19.1 Å². The number of hydrogen-bond donors (Lipinski definition) is 0. The molecule has 0 saturated carbocycles.